The van der Waals surface area contributed by atoms with Crippen LogP contribution in [-0.4, -0.2) is 54.2 Å². The highest BCUT2D eigenvalue weighted by Gasteiger charge is 2.81. The Morgan fingerprint density at radius 2 is 1.80 bits per heavy atom. The Morgan fingerprint density at radius 1 is 0.967 bits per heavy atom. The zero-order valence-corrected chi connectivity index (χ0v) is 17.8. The van der Waals surface area contributed by atoms with Gasteiger partial charge in [0.05, 0.1) is 13.2 Å². The summed E-state index contributed by atoms with van der Waals surface area (Å²) in [6, 6.07) is 0. The third-order valence-electron chi connectivity index (χ3n) is 10.2. The van der Waals surface area contributed by atoms with Gasteiger partial charge in [0.1, 0.15) is 16.8 Å². The molecule has 6 heteroatoms. The number of rotatable bonds is 2. The zero-order valence-electron chi connectivity index (χ0n) is 17.8. The van der Waals surface area contributed by atoms with Crippen LogP contribution in [0, 0.1) is 23.2 Å². The molecule has 7 aliphatic rings. The Morgan fingerprint density at radius 3 is 2.57 bits per heavy atom. The Hall–Kier alpha value is -0.790. The lowest BCUT2D eigenvalue weighted by Gasteiger charge is -2.53. The summed E-state index contributed by atoms with van der Waals surface area (Å²) >= 11 is 0. The van der Waals surface area contributed by atoms with Gasteiger partial charge in [0.2, 0.25) is 0 Å². The van der Waals surface area contributed by atoms with Crippen molar-refractivity contribution in [1.29, 1.82) is 5.41 Å². The van der Waals surface area contributed by atoms with Gasteiger partial charge in [0.15, 0.2) is 5.79 Å². The van der Waals surface area contributed by atoms with Gasteiger partial charge in [-0.2, -0.15) is 0 Å². The van der Waals surface area contributed by atoms with E-state index >= 15 is 0 Å². The van der Waals surface area contributed by atoms with Crippen LogP contribution in [0.3, 0.4) is 0 Å². The summed E-state index contributed by atoms with van der Waals surface area (Å²) in [5, 5.41) is 8.15. The molecule has 7 atom stereocenters. The van der Waals surface area contributed by atoms with Crippen molar-refractivity contribution in [2.75, 3.05) is 19.8 Å². The second-order valence-electron chi connectivity index (χ2n) is 11.1. The first-order valence-electron chi connectivity index (χ1n) is 12.1. The number of ether oxygens (including phenoxy) is 4. The molecular formula is C24H34N2O4. The Kier molecular flexibility index (Phi) is 3.60. The van der Waals surface area contributed by atoms with Crippen LogP contribution in [0.1, 0.15) is 64.2 Å². The summed E-state index contributed by atoms with van der Waals surface area (Å²) in [4.78, 5) is 0. The SMILES string of the molecule is N=CC1(C2CC[C@@H]3C2CC=C2C45CCC6(CC4(CC[C@]23N)O5)OCCO6)CCCO1. The van der Waals surface area contributed by atoms with Crippen LogP contribution >= 0.6 is 0 Å². The predicted molar refractivity (Wildman–Crippen MR) is 110 cm³/mol. The molecule has 0 aromatic rings. The highest BCUT2D eigenvalue weighted by atomic mass is 16.7. The molecule has 3 aliphatic heterocycles. The largest absolute Gasteiger partial charge is 0.369 e. The molecule has 3 saturated heterocycles. The smallest absolute Gasteiger partial charge is 0.171 e. The molecule has 3 saturated carbocycles. The van der Waals surface area contributed by atoms with Crippen molar-refractivity contribution in [3.05, 3.63) is 11.6 Å². The molecular weight excluding hydrogens is 380 g/mol. The maximum atomic E-state index is 8.15. The van der Waals surface area contributed by atoms with Crippen LogP contribution in [-0.2, 0) is 18.9 Å². The molecule has 164 valence electrons. The number of nitrogens with one attached hydrogen (secondary N) is 1. The maximum Gasteiger partial charge on any atom is 0.171 e. The third kappa shape index (κ3) is 2.06. The summed E-state index contributed by atoms with van der Waals surface area (Å²) in [6.07, 6.45) is 14.2. The third-order valence-corrected chi connectivity index (χ3v) is 10.2. The second kappa shape index (κ2) is 5.76. The first-order chi connectivity index (χ1) is 14.5. The zero-order chi connectivity index (χ0) is 20.2. The summed E-state index contributed by atoms with van der Waals surface area (Å²) in [7, 11) is 0. The van der Waals surface area contributed by atoms with Gasteiger partial charge < -0.3 is 30.1 Å². The van der Waals surface area contributed by atoms with Gasteiger partial charge in [0, 0.05) is 31.2 Å². The molecule has 4 aliphatic carbocycles. The van der Waals surface area contributed by atoms with Crippen molar-refractivity contribution in [2.24, 2.45) is 23.5 Å². The van der Waals surface area contributed by atoms with Crippen molar-refractivity contribution in [2.45, 2.75) is 92.3 Å². The van der Waals surface area contributed by atoms with Crippen LogP contribution < -0.4 is 5.73 Å². The lowest BCUT2D eigenvalue weighted by atomic mass is 9.53. The van der Waals surface area contributed by atoms with E-state index in [1.165, 1.54) is 5.57 Å². The quantitative estimate of drug-likeness (QED) is 0.412. The summed E-state index contributed by atoms with van der Waals surface area (Å²) in [5.74, 6) is 1.02. The molecule has 7 rings (SSSR count). The van der Waals surface area contributed by atoms with Gasteiger partial charge in [-0.1, -0.05) is 6.08 Å². The van der Waals surface area contributed by atoms with Crippen molar-refractivity contribution < 1.29 is 18.9 Å². The molecule has 1 spiro atoms. The molecule has 30 heavy (non-hydrogen) atoms. The standard InChI is InChI=1S/C24H34N2O4/c25-15-20(6-1-11-27-20)17-3-4-18-16(17)2-5-19-23(18,26)9-7-21-14-22(28-12-13-29-22)8-10-24(19,21)30-21/h5,15-18,25H,1-4,6-14,26H2/t16?,17?,18-,20?,21?,23-,24?/m1/s1. The van der Waals surface area contributed by atoms with E-state index in [9.17, 15) is 0 Å². The minimum Gasteiger partial charge on any atom is -0.369 e. The predicted octanol–water partition coefficient (Wildman–Crippen LogP) is 3.08. The second-order valence-corrected chi connectivity index (χ2v) is 11.1. The molecule has 0 amide bonds. The number of hydrogen-bond acceptors (Lipinski definition) is 6. The van der Waals surface area contributed by atoms with Gasteiger partial charge >= 0.3 is 0 Å². The average molecular weight is 415 g/mol. The highest BCUT2D eigenvalue weighted by Crippen LogP contribution is 2.73. The maximum absolute atomic E-state index is 8.15. The summed E-state index contributed by atoms with van der Waals surface area (Å²) in [6.45, 7) is 2.20. The van der Waals surface area contributed by atoms with E-state index in [-0.39, 0.29) is 22.3 Å². The highest BCUT2D eigenvalue weighted by molar-refractivity contribution is 5.67. The first-order valence-corrected chi connectivity index (χ1v) is 12.1. The molecule has 0 radical (unpaired) electrons. The van der Waals surface area contributed by atoms with E-state index in [2.05, 4.69) is 6.08 Å². The van der Waals surface area contributed by atoms with E-state index in [4.69, 9.17) is 30.1 Å². The van der Waals surface area contributed by atoms with Gasteiger partial charge in [-0.15, -0.1) is 0 Å². The monoisotopic (exact) mass is 414 g/mol. The number of nitrogens with two attached hydrogens (primary N) is 1. The van der Waals surface area contributed by atoms with E-state index in [0.717, 1.165) is 70.8 Å². The van der Waals surface area contributed by atoms with Crippen molar-refractivity contribution in [3.8, 4) is 0 Å². The van der Waals surface area contributed by atoms with Gasteiger partial charge in [0.25, 0.3) is 0 Å². The number of allylic oxidation sites excluding steroid dienone is 1. The molecule has 3 heterocycles. The van der Waals surface area contributed by atoms with Gasteiger partial charge in [-0.25, -0.2) is 0 Å². The van der Waals surface area contributed by atoms with Crippen LogP contribution in [0.5, 0.6) is 0 Å². The van der Waals surface area contributed by atoms with E-state index in [0.29, 0.717) is 31.0 Å². The fourth-order valence-corrected chi connectivity index (χ4v) is 8.93. The Labute approximate surface area is 178 Å². The number of hydrogen-bond donors (Lipinski definition) is 2. The van der Waals surface area contributed by atoms with E-state index in [1.54, 1.807) is 6.21 Å². The number of fused-ring (bicyclic) bond motifs is 3. The summed E-state index contributed by atoms with van der Waals surface area (Å²) in [5.41, 5.74) is 7.84. The fraction of sp³-hybridized carbons (Fsp3) is 0.875. The first kappa shape index (κ1) is 18.8. The molecule has 5 unspecified atom stereocenters. The minimum atomic E-state index is -0.416. The Balaban J connectivity index is 1.22. The Bertz CT molecular complexity index is 816. The van der Waals surface area contributed by atoms with Crippen molar-refractivity contribution in [1.82, 2.24) is 0 Å². The van der Waals surface area contributed by atoms with E-state index < -0.39 is 5.79 Å². The number of epoxide rings is 1. The molecule has 0 aromatic heterocycles. The van der Waals surface area contributed by atoms with Gasteiger partial charge in [-0.05, 0) is 74.7 Å². The van der Waals surface area contributed by atoms with Crippen LogP contribution in [0.25, 0.3) is 0 Å². The van der Waals surface area contributed by atoms with Crippen LogP contribution in [0.2, 0.25) is 0 Å². The minimum absolute atomic E-state index is 0.125. The summed E-state index contributed by atoms with van der Waals surface area (Å²) < 4.78 is 25.0. The molecule has 0 aromatic carbocycles. The van der Waals surface area contributed by atoms with Crippen LogP contribution in [0.15, 0.2) is 11.6 Å². The van der Waals surface area contributed by atoms with Crippen LogP contribution in [0.4, 0.5) is 0 Å². The lowest BCUT2D eigenvalue weighted by Crippen LogP contribution is -2.62. The molecule has 0 bridgehead atoms. The average Bonchev–Trinajstić information content (AvgIpc) is 3.21. The lowest BCUT2D eigenvalue weighted by molar-refractivity contribution is -0.185. The van der Waals surface area contributed by atoms with Crippen molar-refractivity contribution in [3.63, 3.8) is 0 Å². The van der Waals surface area contributed by atoms with Crippen molar-refractivity contribution >= 4 is 6.21 Å². The van der Waals surface area contributed by atoms with E-state index in [1.807, 2.05) is 0 Å². The normalized spacial score (nSPS) is 55.4. The molecule has 6 fully saturated rings. The molecule has 6 nitrogen and oxygen atoms in total. The fourth-order valence-electron chi connectivity index (χ4n) is 8.93. The van der Waals surface area contributed by atoms with Gasteiger partial charge in [-0.3, -0.25) is 0 Å². The molecule has 3 N–H and O–H groups in total. The topological polar surface area (TPSA) is 90.1 Å².